The smallest absolute Gasteiger partial charge is 0.240 e. The van der Waals surface area contributed by atoms with E-state index in [0.717, 1.165) is 6.42 Å². The molecule has 0 spiro atoms. The molecule has 0 bridgehead atoms. The highest BCUT2D eigenvalue weighted by Gasteiger charge is 2.16. The van der Waals surface area contributed by atoms with E-state index < -0.39 is 10.0 Å². The Labute approximate surface area is 96.4 Å². The Bertz CT molecular complexity index is 454. The summed E-state index contributed by atoms with van der Waals surface area (Å²) in [5.74, 6) is 0. The molecule has 4 nitrogen and oxygen atoms in total. The van der Waals surface area contributed by atoms with Gasteiger partial charge in [0, 0.05) is 6.54 Å². The Balaban J connectivity index is 3.11. The highest BCUT2D eigenvalue weighted by atomic mass is 32.2. The van der Waals surface area contributed by atoms with Crippen LogP contribution in [-0.4, -0.2) is 20.1 Å². The van der Waals surface area contributed by atoms with Crippen molar-refractivity contribution in [2.24, 2.45) is 0 Å². The molecule has 0 unspecified atom stereocenters. The summed E-state index contributed by atoms with van der Waals surface area (Å²) in [6, 6.07) is 4.92. The molecule has 0 fully saturated rings. The zero-order valence-corrected chi connectivity index (χ0v) is 10.3. The van der Waals surface area contributed by atoms with Gasteiger partial charge in [0.05, 0.1) is 11.5 Å². The van der Waals surface area contributed by atoms with Crippen molar-refractivity contribution in [1.29, 1.82) is 0 Å². The van der Waals surface area contributed by atoms with Crippen molar-refractivity contribution < 1.29 is 13.5 Å². The Hall–Kier alpha value is -0.910. The number of nitrogens with one attached hydrogen (secondary N) is 1. The van der Waals surface area contributed by atoms with Gasteiger partial charge in [-0.25, -0.2) is 13.1 Å². The van der Waals surface area contributed by atoms with E-state index in [1.165, 1.54) is 6.07 Å². The molecule has 0 saturated heterocycles. The van der Waals surface area contributed by atoms with Crippen LogP contribution in [0.25, 0.3) is 0 Å². The maximum atomic E-state index is 11.9. The maximum absolute atomic E-state index is 11.9. The third-order valence-electron chi connectivity index (χ3n) is 2.27. The number of sulfonamides is 1. The third-order valence-corrected chi connectivity index (χ3v) is 3.87. The van der Waals surface area contributed by atoms with Crippen LogP contribution in [-0.2, 0) is 16.6 Å². The van der Waals surface area contributed by atoms with E-state index in [4.69, 9.17) is 5.11 Å². The van der Waals surface area contributed by atoms with Gasteiger partial charge in [-0.05, 0) is 30.5 Å². The quantitative estimate of drug-likeness (QED) is 0.816. The van der Waals surface area contributed by atoms with Crippen LogP contribution in [0.15, 0.2) is 23.1 Å². The maximum Gasteiger partial charge on any atom is 0.240 e. The van der Waals surface area contributed by atoms with Gasteiger partial charge >= 0.3 is 0 Å². The van der Waals surface area contributed by atoms with E-state index >= 15 is 0 Å². The zero-order valence-electron chi connectivity index (χ0n) is 9.53. The first-order valence-electron chi connectivity index (χ1n) is 5.21. The van der Waals surface area contributed by atoms with E-state index in [0.29, 0.717) is 17.7 Å². The average Bonchev–Trinajstić information content (AvgIpc) is 2.27. The SMILES string of the molecule is CCCNS(=O)(=O)c1cc(CO)ccc1C. The molecular weight excluding hydrogens is 226 g/mol. The summed E-state index contributed by atoms with van der Waals surface area (Å²) < 4.78 is 26.3. The number of hydrogen-bond donors (Lipinski definition) is 2. The highest BCUT2D eigenvalue weighted by molar-refractivity contribution is 7.89. The standard InChI is InChI=1S/C11H17NO3S/c1-3-6-12-16(14,15)11-7-10(8-13)5-4-9(11)2/h4-5,7,12-13H,3,6,8H2,1-2H3. The molecule has 16 heavy (non-hydrogen) atoms. The van der Waals surface area contributed by atoms with E-state index in [1.54, 1.807) is 19.1 Å². The second-order valence-corrected chi connectivity index (χ2v) is 5.39. The molecule has 0 heterocycles. The number of hydrogen-bond acceptors (Lipinski definition) is 3. The minimum atomic E-state index is -3.45. The fourth-order valence-corrected chi connectivity index (χ4v) is 2.77. The average molecular weight is 243 g/mol. The Morgan fingerprint density at radius 2 is 2.06 bits per heavy atom. The normalized spacial score (nSPS) is 11.7. The summed E-state index contributed by atoms with van der Waals surface area (Å²) >= 11 is 0. The lowest BCUT2D eigenvalue weighted by Crippen LogP contribution is -2.25. The van der Waals surface area contributed by atoms with Crippen LogP contribution in [0, 0.1) is 6.92 Å². The topological polar surface area (TPSA) is 66.4 Å². The van der Waals surface area contributed by atoms with Crippen molar-refractivity contribution in [2.75, 3.05) is 6.54 Å². The molecule has 2 N–H and O–H groups in total. The molecule has 1 aromatic rings. The van der Waals surface area contributed by atoms with Gasteiger partial charge in [-0.3, -0.25) is 0 Å². The number of aryl methyl sites for hydroxylation is 1. The van der Waals surface area contributed by atoms with Crippen molar-refractivity contribution >= 4 is 10.0 Å². The molecule has 0 aliphatic rings. The Morgan fingerprint density at radius 1 is 1.38 bits per heavy atom. The van der Waals surface area contributed by atoms with Crippen LogP contribution in [0.1, 0.15) is 24.5 Å². The summed E-state index contributed by atoms with van der Waals surface area (Å²) in [5.41, 5.74) is 1.28. The largest absolute Gasteiger partial charge is 0.392 e. The molecule has 0 amide bonds. The monoisotopic (exact) mass is 243 g/mol. The van der Waals surface area contributed by atoms with Gasteiger partial charge < -0.3 is 5.11 Å². The molecule has 0 saturated carbocycles. The predicted octanol–water partition coefficient (Wildman–Crippen LogP) is 1.18. The third kappa shape index (κ3) is 3.04. The number of aliphatic hydroxyl groups is 1. The number of rotatable bonds is 5. The van der Waals surface area contributed by atoms with E-state index in [1.807, 2.05) is 6.92 Å². The first-order chi connectivity index (χ1) is 7.51. The van der Waals surface area contributed by atoms with Crippen molar-refractivity contribution in [3.63, 3.8) is 0 Å². The lowest BCUT2D eigenvalue weighted by Gasteiger charge is -2.09. The molecule has 0 atom stereocenters. The van der Waals surface area contributed by atoms with Gasteiger partial charge in [-0.15, -0.1) is 0 Å². The first-order valence-corrected chi connectivity index (χ1v) is 6.69. The highest BCUT2D eigenvalue weighted by Crippen LogP contribution is 2.16. The molecule has 90 valence electrons. The molecule has 1 aromatic carbocycles. The van der Waals surface area contributed by atoms with Crippen molar-refractivity contribution in [2.45, 2.75) is 31.8 Å². The van der Waals surface area contributed by atoms with Crippen LogP contribution in [0.2, 0.25) is 0 Å². The lowest BCUT2D eigenvalue weighted by molar-refractivity contribution is 0.281. The van der Waals surface area contributed by atoms with Gasteiger partial charge in [0.2, 0.25) is 10.0 Å². The molecule has 1 rings (SSSR count). The van der Waals surface area contributed by atoms with Crippen molar-refractivity contribution in [1.82, 2.24) is 4.72 Å². The van der Waals surface area contributed by atoms with E-state index in [9.17, 15) is 8.42 Å². The summed E-state index contributed by atoms with van der Waals surface area (Å²) in [5, 5.41) is 8.98. The predicted molar refractivity (Wildman–Crippen MR) is 62.6 cm³/mol. The van der Waals surface area contributed by atoms with Gasteiger partial charge in [0.25, 0.3) is 0 Å². The number of aliphatic hydroxyl groups excluding tert-OH is 1. The molecule has 0 radical (unpaired) electrons. The molecule has 0 aromatic heterocycles. The van der Waals surface area contributed by atoms with Crippen LogP contribution in [0.4, 0.5) is 0 Å². The number of benzene rings is 1. The lowest BCUT2D eigenvalue weighted by atomic mass is 10.2. The van der Waals surface area contributed by atoms with Gasteiger partial charge in [-0.1, -0.05) is 19.1 Å². The second kappa shape index (κ2) is 5.43. The molecule has 0 aliphatic carbocycles. The fraction of sp³-hybridized carbons (Fsp3) is 0.455. The minimum Gasteiger partial charge on any atom is -0.392 e. The van der Waals surface area contributed by atoms with Gasteiger partial charge in [0.15, 0.2) is 0 Å². The fourth-order valence-electron chi connectivity index (χ4n) is 1.35. The molecule has 5 heteroatoms. The first kappa shape index (κ1) is 13.2. The summed E-state index contributed by atoms with van der Waals surface area (Å²) in [7, 11) is -3.45. The Morgan fingerprint density at radius 3 is 2.62 bits per heavy atom. The van der Waals surface area contributed by atoms with Crippen LogP contribution in [0.5, 0.6) is 0 Å². The van der Waals surface area contributed by atoms with Crippen molar-refractivity contribution in [3.05, 3.63) is 29.3 Å². The Kier molecular flexibility index (Phi) is 4.46. The van der Waals surface area contributed by atoms with Crippen LogP contribution >= 0.6 is 0 Å². The van der Waals surface area contributed by atoms with Gasteiger partial charge in [-0.2, -0.15) is 0 Å². The van der Waals surface area contributed by atoms with Gasteiger partial charge in [0.1, 0.15) is 0 Å². The minimum absolute atomic E-state index is 0.156. The molecular formula is C11H17NO3S. The summed E-state index contributed by atoms with van der Waals surface area (Å²) in [4.78, 5) is 0.243. The second-order valence-electron chi connectivity index (χ2n) is 3.66. The van der Waals surface area contributed by atoms with Crippen molar-refractivity contribution in [3.8, 4) is 0 Å². The van der Waals surface area contributed by atoms with E-state index in [-0.39, 0.29) is 11.5 Å². The van der Waals surface area contributed by atoms with Crippen LogP contribution < -0.4 is 4.72 Å². The molecule has 0 aliphatic heterocycles. The summed E-state index contributed by atoms with van der Waals surface area (Å²) in [6.45, 7) is 3.91. The van der Waals surface area contributed by atoms with E-state index in [2.05, 4.69) is 4.72 Å². The zero-order chi connectivity index (χ0) is 12.2. The van der Waals surface area contributed by atoms with Crippen LogP contribution in [0.3, 0.4) is 0 Å². The summed E-state index contributed by atoms with van der Waals surface area (Å²) in [6.07, 6.45) is 0.748.